The number of H-pyrrole nitrogens is 1. The van der Waals surface area contributed by atoms with Crippen LogP contribution in [0.25, 0.3) is 22.6 Å². The highest BCUT2D eigenvalue weighted by atomic mass is 19.4. The summed E-state index contributed by atoms with van der Waals surface area (Å²) in [4.78, 5) is 23.0. The zero-order chi connectivity index (χ0) is 19.8. The lowest BCUT2D eigenvalue weighted by Gasteiger charge is -2.11. The van der Waals surface area contributed by atoms with Crippen LogP contribution in [0.4, 0.5) is 19.0 Å². The molecular weight excluding hydrogens is 359 g/mol. The summed E-state index contributed by atoms with van der Waals surface area (Å²) >= 11 is 0. The number of carbonyl (C=O) groups excluding carboxylic acids is 1. The number of carbonyl (C=O) groups is 1. The van der Waals surface area contributed by atoms with Crippen molar-refractivity contribution in [1.82, 2.24) is 15.0 Å². The zero-order valence-corrected chi connectivity index (χ0v) is 14.5. The predicted molar refractivity (Wildman–Crippen MR) is 95.1 cm³/mol. The van der Waals surface area contributed by atoms with Gasteiger partial charge in [-0.1, -0.05) is 6.07 Å². The summed E-state index contributed by atoms with van der Waals surface area (Å²) in [6.07, 6.45) is -3.17. The Morgan fingerprint density at radius 3 is 2.56 bits per heavy atom. The predicted octanol–water partition coefficient (Wildman–Crippen LogP) is 3.61. The maximum atomic E-state index is 13.1. The maximum absolute atomic E-state index is 13.1. The average Bonchev–Trinajstić information content (AvgIpc) is 3.06. The Hall–Kier alpha value is -3.36. The summed E-state index contributed by atoms with van der Waals surface area (Å²) < 4.78 is 39.3. The molecule has 2 aromatic heterocycles. The van der Waals surface area contributed by atoms with Gasteiger partial charge in [-0.25, -0.2) is 9.97 Å². The lowest BCUT2D eigenvalue weighted by Crippen LogP contribution is -2.11. The number of alkyl halides is 3. The highest BCUT2D eigenvalue weighted by molar-refractivity contribution is 6.01. The molecule has 27 heavy (non-hydrogen) atoms. The number of nitrogens with zero attached hydrogens (tertiary/aromatic N) is 2. The molecule has 0 aliphatic carbocycles. The fraction of sp³-hybridized carbons (Fsp3) is 0.167. The molecule has 0 atom stereocenters. The standard InChI is InChI=1S/C18H16F3N5O/c1-9-3-4-10(18(19,20)21)5-11(9)16-12(17(22)27)6-14(26-16)13-7-15(23-2)25-8-24-13/h3-8,26H,1-2H3,(H2,22,27)(H,23,24,25). The number of hydrogen-bond donors (Lipinski definition) is 3. The molecule has 3 aromatic rings. The molecule has 3 rings (SSSR count). The minimum absolute atomic E-state index is 0.0806. The van der Waals surface area contributed by atoms with Crippen molar-refractivity contribution in [3.05, 3.63) is 53.3 Å². The van der Waals surface area contributed by atoms with Gasteiger partial charge in [0.15, 0.2) is 0 Å². The molecule has 0 saturated heterocycles. The van der Waals surface area contributed by atoms with Gasteiger partial charge < -0.3 is 16.0 Å². The number of anilines is 1. The van der Waals surface area contributed by atoms with E-state index in [9.17, 15) is 18.0 Å². The molecule has 140 valence electrons. The monoisotopic (exact) mass is 375 g/mol. The summed E-state index contributed by atoms with van der Waals surface area (Å²) in [6, 6.07) is 6.46. The summed E-state index contributed by atoms with van der Waals surface area (Å²) in [5.74, 6) is -0.209. The molecular formula is C18H16F3N5O. The van der Waals surface area contributed by atoms with E-state index >= 15 is 0 Å². The Morgan fingerprint density at radius 2 is 1.93 bits per heavy atom. The second kappa shape index (κ2) is 6.75. The molecule has 0 aliphatic rings. The first-order valence-electron chi connectivity index (χ1n) is 7.92. The van der Waals surface area contributed by atoms with Crippen molar-refractivity contribution in [2.75, 3.05) is 12.4 Å². The summed E-state index contributed by atoms with van der Waals surface area (Å²) in [5.41, 5.74) is 6.65. The van der Waals surface area contributed by atoms with E-state index in [0.717, 1.165) is 12.1 Å². The van der Waals surface area contributed by atoms with Gasteiger partial charge in [0.2, 0.25) is 0 Å². The third-order valence-electron chi connectivity index (χ3n) is 4.12. The molecule has 0 bridgehead atoms. The van der Waals surface area contributed by atoms with E-state index in [4.69, 9.17) is 5.73 Å². The molecule has 1 aromatic carbocycles. The topological polar surface area (TPSA) is 96.7 Å². The van der Waals surface area contributed by atoms with E-state index in [1.54, 1.807) is 20.0 Å². The van der Waals surface area contributed by atoms with E-state index < -0.39 is 17.6 Å². The van der Waals surface area contributed by atoms with Gasteiger partial charge in [-0.3, -0.25) is 4.79 Å². The Labute approximate surface area is 152 Å². The van der Waals surface area contributed by atoms with Gasteiger partial charge in [0, 0.05) is 18.7 Å². The summed E-state index contributed by atoms with van der Waals surface area (Å²) in [6.45, 7) is 1.66. The Balaban J connectivity index is 2.19. The number of rotatable bonds is 4. The molecule has 0 spiro atoms. The average molecular weight is 375 g/mol. The van der Waals surface area contributed by atoms with Gasteiger partial charge in [-0.15, -0.1) is 0 Å². The van der Waals surface area contributed by atoms with E-state index in [1.807, 2.05) is 0 Å². The van der Waals surface area contributed by atoms with Crippen LogP contribution in [0.5, 0.6) is 0 Å². The van der Waals surface area contributed by atoms with Gasteiger partial charge in [-0.05, 0) is 30.7 Å². The molecule has 0 unspecified atom stereocenters. The van der Waals surface area contributed by atoms with E-state index in [2.05, 4.69) is 20.3 Å². The number of aromatic amines is 1. The Morgan fingerprint density at radius 1 is 1.19 bits per heavy atom. The summed E-state index contributed by atoms with van der Waals surface area (Å²) in [5, 5.41) is 2.86. The van der Waals surface area contributed by atoms with Crippen LogP contribution in [0.15, 0.2) is 36.7 Å². The maximum Gasteiger partial charge on any atom is 0.416 e. The minimum Gasteiger partial charge on any atom is -0.373 e. The van der Waals surface area contributed by atoms with E-state index in [0.29, 0.717) is 22.8 Å². The minimum atomic E-state index is -4.50. The molecule has 6 nitrogen and oxygen atoms in total. The van der Waals surface area contributed by atoms with Gasteiger partial charge >= 0.3 is 6.18 Å². The molecule has 0 saturated carbocycles. The number of nitrogens with one attached hydrogen (secondary N) is 2. The third-order valence-corrected chi connectivity index (χ3v) is 4.12. The van der Waals surface area contributed by atoms with Gasteiger partial charge in [0.25, 0.3) is 5.91 Å². The Bertz CT molecular complexity index is 1010. The van der Waals surface area contributed by atoms with Crippen LogP contribution in [-0.2, 0) is 6.18 Å². The van der Waals surface area contributed by atoms with Crippen LogP contribution in [0.2, 0.25) is 0 Å². The van der Waals surface area contributed by atoms with E-state index in [-0.39, 0.29) is 16.8 Å². The van der Waals surface area contributed by atoms with Crippen LogP contribution in [0, 0.1) is 6.92 Å². The number of halogens is 3. The van der Waals surface area contributed by atoms with Crippen molar-refractivity contribution in [1.29, 1.82) is 0 Å². The van der Waals surface area contributed by atoms with Crippen molar-refractivity contribution in [3.63, 3.8) is 0 Å². The molecule has 0 radical (unpaired) electrons. The first kappa shape index (κ1) is 18.4. The number of amides is 1. The van der Waals surface area contributed by atoms with Gasteiger partial charge in [-0.2, -0.15) is 13.2 Å². The highest BCUT2D eigenvalue weighted by Gasteiger charge is 2.31. The van der Waals surface area contributed by atoms with Crippen LogP contribution >= 0.6 is 0 Å². The van der Waals surface area contributed by atoms with Gasteiger partial charge in [0.1, 0.15) is 12.1 Å². The molecule has 1 amide bonds. The van der Waals surface area contributed by atoms with Crippen LogP contribution < -0.4 is 11.1 Å². The van der Waals surface area contributed by atoms with Crippen molar-refractivity contribution >= 4 is 11.7 Å². The number of aryl methyl sites for hydroxylation is 1. The van der Waals surface area contributed by atoms with Crippen LogP contribution in [-0.4, -0.2) is 27.9 Å². The molecule has 0 aliphatic heterocycles. The normalized spacial score (nSPS) is 11.4. The lowest BCUT2D eigenvalue weighted by atomic mass is 9.99. The van der Waals surface area contributed by atoms with Crippen molar-refractivity contribution < 1.29 is 18.0 Å². The van der Waals surface area contributed by atoms with Crippen LogP contribution in [0.3, 0.4) is 0 Å². The smallest absolute Gasteiger partial charge is 0.373 e. The highest BCUT2D eigenvalue weighted by Crippen LogP contribution is 2.36. The number of primary amides is 1. The van der Waals surface area contributed by atoms with Crippen molar-refractivity contribution in [2.45, 2.75) is 13.1 Å². The largest absolute Gasteiger partial charge is 0.416 e. The number of aromatic nitrogens is 3. The third kappa shape index (κ3) is 3.62. The second-order valence-corrected chi connectivity index (χ2v) is 5.90. The van der Waals surface area contributed by atoms with Crippen molar-refractivity contribution in [3.8, 4) is 22.6 Å². The molecule has 2 heterocycles. The number of nitrogens with two attached hydrogens (primary N) is 1. The lowest BCUT2D eigenvalue weighted by molar-refractivity contribution is -0.137. The van der Waals surface area contributed by atoms with Gasteiger partial charge in [0.05, 0.1) is 28.2 Å². The summed E-state index contributed by atoms with van der Waals surface area (Å²) in [7, 11) is 1.69. The van der Waals surface area contributed by atoms with E-state index in [1.165, 1.54) is 18.5 Å². The SMILES string of the molecule is CNc1cc(-c2cc(C(N)=O)c(-c3cc(C(F)(F)F)ccc3C)[nH]2)ncn1. The van der Waals surface area contributed by atoms with Crippen LogP contribution in [0.1, 0.15) is 21.5 Å². The number of benzene rings is 1. The first-order valence-corrected chi connectivity index (χ1v) is 7.92. The number of hydrogen-bond acceptors (Lipinski definition) is 4. The second-order valence-electron chi connectivity index (χ2n) is 5.90. The van der Waals surface area contributed by atoms with Crippen molar-refractivity contribution in [2.24, 2.45) is 5.73 Å². The fourth-order valence-electron chi connectivity index (χ4n) is 2.71. The molecule has 4 N–H and O–H groups in total. The zero-order valence-electron chi connectivity index (χ0n) is 14.5. The molecule has 9 heteroatoms. The Kier molecular flexibility index (Phi) is 4.61. The molecule has 0 fully saturated rings. The first-order chi connectivity index (χ1) is 12.7. The fourth-order valence-corrected chi connectivity index (χ4v) is 2.71. The quantitative estimate of drug-likeness (QED) is 0.649.